The third-order valence-corrected chi connectivity index (χ3v) is 1.83. The fourth-order valence-electron chi connectivity index (χ4n) is 0.612. The molecule has 12 heavy (non-hydrogen) atoms. The number of carbonyl (C=O) groups is 1. The maximum Gasteiger partial charge on any atom is 0.346 e. The molecule has 1 unspecified atom stereocenters. The third-order valence-electron chi connectivity index (χ3n) is 1.83. The third kappa shape index (κ3) is 3.20. The van der Waals surface area contributed by atoms with Gasteiger partial charge in [0.2, 0.25) is 0 Å². The van der Waals surface area contributed by atoms with Crippen LogP contribution in [0.3, 0.4) is 0 Å². The molecule has 1 atom stereocenters. The Morgan fingerprint density at radius 1 is 1.50 bits per heavy atom. The van der Waals surface area contributed by atoms with Gasteiger partial charge in [-0.3, -0.25) is 0 Å². The molecule has 0 radical (unpaired) electrons. The van der Waals surface area contributed by atoms with Gasteiger partial charge < -0.3 is 5.11 Å². The monoisotopic (exact) mass is 167 g/mol. The van der Waals surface area contributed by atoms with Crippen LogP contribution in [0.4, 0.5) is 0 Å². The summed E-state index contributed by atoms with van der Waals surface area (Å²) in [5.41, 5.74) is -0.170. The fraction of sp³-hybridized carbons (Fsp3) is 0.556. The SMILES string of the molecule is CC(C)C(C)C=C(C#N)C(=O)O. The number of nitrogens with zero attached hydrogens (tertiary/aromatic N) is 1. The summed E-state index contributed by atoms with van der Waals surface area (Å²) in [6.45, 7) is 5.86. The molecule has 0 saturated heterocycles. The number of hydrogen-bond donors (Lipinski definition) is 1. The van der Waals surface area contributed by atoms with Crippen molar-refractivity contribution in [3.05, 3.63) is 11.6 Å². The number of rotatable bonds is 3. The molecule has 0 rings (SSSR count). The van der Waals surface area contributed by atoms with E-state index in [2.05, 4.69) is 0 Å². The van der Waals surface area contributed by atoms with E-state index in [1.165, 1.54) is 6.08 Å². The molecule has 0 aliphatic carbocycles. The molecule has 0 heterocycles. The molecule has 3 heteroatoms. The Morgan fingerprint density at radius 3 is 2.25 bits per heavy atom. The average molecular weight is 167 g/mol. The minimum absolute atomic E-state index is 0.121. The standard InChI is InChI=1S/C9H13NO2/c1-6(2)7(3)4-8(5-10)9(11)12/h4,6-7H,1-3H3,(H,11,12). The Kier molecular flexibility index (Phi) is 4.06. The van der Waals surface area contributed by atoms with E-state index in [9.17, 15) is 4.79 Å². The Morgan fingerprint density at radius 2 is 2.00 bits per heavy atom. The van der Waals surface area contributed by atoms with Crippen molar-refractivity contribution in [2.45, 2.75) is 20.8 Å². The molecule has 3 nitrogen and oxygen atoms in total. The van der Waals surface area contributed by atoms with Crippen LogP contribution >= 0.6 is 0 Å². The molecular formula is C9H13NO2. The van der Waals surface area contributed by atoms with E-state index in [4.69, 9.17) is 10.4 Å². The van der Waals surface area contributed by atoms with E-state index in [-0.39, 0.29) is 11.5 Å². The van der Waals surface area contributed by atoms with Crippen LogP contribution in [0.15, 0.2) is 11.6 Å². The lowest BCUT2D eigenvalue weighted by molar-refractivity contribution is -0.132. The molecule has 0 amide bonds. The Balaban J connectivity index is 4.52. The summed E-state index contributed by atoms with van der Waals surface area (Å²) in [5, 5.41) is 16.9. The van der Waals surface area contributed by atoms with Gasteiger partial charge in [-0.15, -0.1) is 0 Å². The van der Waals surface area contributed by atoms with E-state index in [1.54, 1.807) is 6.07 Å². The van der Waals surface area contributed by atoms with Gasteiger partial charge in [0.15, 0.2) is 0 Å². The zero-order valence-electron chi connectivity index (χ0n) is 7.53. The molecule has 0 saturated carbocycles. The van der Waals surface area contributed by atoms with Gasteiger partial charge in [-0.05, 0) is 11.8 Å². The van der Waals surface area contributed by atoms with Gasteiger partial charge >= 0.3 is 5.97 Å². The van der Waals surface area contributed by atoms with Crippen LogP contribution in [0, 0.1) is 23.2 Å². The lowest BCUT2D eigenvalue weighted by Crippen LogP contribution is -2.05. The molecule has 0 aliphatic heterocycles. The van der Waals surface area contributed by atoms with Gasteiger partial charge in [0.25, 0.3) is 0 Å². The number of hydrogen-bond acceptors (Lipinski definition) is 2. The number of aliphatic carboxylic acids is 1. The smallest absolute Gasteiger partial charge is 0.346 e. The van der Waals surface area contributed by atoms with Gasteiger partial charge in [-0.25, -0.2) is 4.79 Å². The van der Waals surface area contributed by atoms with Crippen LogP contribution in [0.1, 0.15) is 20.8 Å². The highest BCUT2D eigenvalue weighted by Gasteiger charge is 2.10. The van der Waals surface area contributed by atoms with E-state index >= 15 is 0 Å². The summed E-state index contributed by atoms with van der Waals surface area (Å²) in [4.78, 5) is 10.4. The predicted octanol–water partition coefficient (Wildman–Crippen LogP) is 1.81. The first-order valence-corrected chi connectivity index (χ1v) is 3.84. The van der Waals surface area contributed by atoms with Gasteiger partial charge in [-0.2, -0.15) is 5.26 Å². The molecule has 0 aromatic rings. The van der Waals surface area contributed by atoms with E-state index < -0.39 is 5.97 Å². The van der Waals surface area contributed by atoms with Crippen molar-refractivity contribution in [2.24, 2.45) is 11.8 Å². The average Bonchev–Trinajstić information content (AvgIpc) is 1.98. The van der Waals surface area contributed by atoms with Gasteiger partial charge in [0, 0.05) is 0 Å². The van der Waals surface area contributed by atoms with Crippen LogP contribution in [-0.2, 0) is 4.79 Å². The minimum Gasteiger partial charge on any atom is -0.477 e. The summed E-state index contributed by atoms with van der Waals surface area (Å²) in [6, 6.07) is 1.65. The molecule has 0 aliphatic rings. The molecule has 66 valence electrons. The van der Waals surface area contributed by atoms with Crippen molar-refractivity contribution >= 4 is 5.97 Å². The first-order valence-electron chi connectivity index (χ1n) is 3.84. The van der Waals surface area contributed by atoms with Crippen molar-refractivity contribution in [2.75, 3.05) is 0 Å². The Labute approximate surface area is 72.3 Å². The maximum absolute atomic E-state index is 10.4. The van der Waals surface area contributed by atoms with Crippen LogP contribution in [0.2, 0.25) is 0 Å². The Bertz CT molecular complexity index is 235. The fourth-order valence-corrected chi connectivity index (χ4v) is 0.612. The number of nitriles is 1. The highest BCUT2D eigenvalue weighted by molar-refractivity contribution is 5.90. The van der Waals surface area contributed by atoms with E-state index in [0.29, 0.717) is 5.92 Å². The lowest BCUT2D eigenvalue weighted by atomic mass is 9.96. The zero-order valence-corrected chi connectivity index (χ0v) is 7.53. The largest absolute Gasteiger partial charge is 0.477 e. The van der Waals surface area contributed by atoms with Gasteiger partial charge in [0.05, 0.1) is 0 Å². The number of carboxylic acid groups (broad SMARTS) is 1. The molecule has 1 N–H and O–H groups in total. The zero-order chi connectivity index (χ0) is 9.72. The summed E-state index contributed by atoms with van der Waals surface area (Å²) < 4.78 is 0. The van der Waals surface area contributed by atoms with Crippen LogP contribution in [-0.4, -0.2) is 11.1 Å². The van der Waals surface area contributed by atoms with Crippen molar-refractivity contribution in [3.63, 3.8) is 0 Å². The molecule has 0 spiro atoms. The molecule has 0 fully saturated rings. The molecular weight excluding hydrogens is 154 g/mol. The highest BCUT2D eigenvalue weighted by atomic mass is 16.4. The topological polar surface area (TPSA) is 61.1 Å². The summed E-state index contributed by atoms with van der Waals surface area (Å²) >= 11 is 0. The molecule has 0 aromatic heterocycles. The summed E-state index contributed by atoms with van der Waals surface area (Å²) in [6.07, 6.45) is 1.49. The minimum atomic E-state index is -1.15. The highest BCUT2D eigenvalue weighted by Crippen LogP contribution is 2.13. The first kappa shape index (κ1) is 10.7. The normalized spacial score (nSPS) is 14.1. The number of allylic oxidation sites excluding steroid dienone is 1. The first-order chi connectivity index (χ1) is 5.49. The van der Waals surface area contributed by atoms with Crippen molar-refractivity contribution in [1.82, 2.24) is 0 Å². The predicted molar refractivity (Wildman–Crippen MR) is 45.3 cm³/mol. The number of carboxylic acids is 1. The second-order valence-corrected chi connectivity index (χ2v) is 3.10. The second-order valence-electron chi connectivity index (χ2n) is 3.10. The summed E-state index contributed by atoms with van der Waals surface area (Å²) in [5.74, 6) is -0.673. The molecule has 0 aromatic carbocycles. The summed E-state index contributed by atoms with van der Waals surface area (Å²) in [7, 11) is 0. The Hall–Kier alpha value is -1.30. The lowest BCUT2D eigenvalue weighted by Gasteiger charge is -2.09. The van der Waals surface area contributed by atoms with Crippen LogP contribution < -0.4 is 0 Å². The van der Waals surface area contributed by atoms with Gasteiger partial charge in [0.1, 0.15) is 11.6 Å². The van der Waals surface area contributed by atoms with Crippen molar-refractivity contribution in [1.29, 1.82) is 5.26 Å². The second kappa shape index (κ2) is 4.55. The van der Waals surface area contributed by atoms with Crippen LogP contribution in [0.25, 0.3) is 0 Å². The van der Waals surface area contributed by atoms with Crippen LogP contribution in [0.5, 0.6) is 0 Å². The van der Waals surface area contributed by atoms with Gasteiger partial charge in [-0.1, -0.05) is 26.8 Å². The van der Waals surface area contributed by atoms with Crippen molar-refractivity contribution < 1.29 is 9.90 Å². The maximum atomic E-state index is 10.4. The quantitative estimate of drug-likeness (QED) is 0.515. The molecule has 0 bridgehead atoms. The van der Waals surface area contributed by atoms with E-state index in [0.717, 1.165) is 0 Å². The van der Waals surface area contributed by atoms with Crippen molar-refractivity contribution in [3.8, 4) is 6.07 Å². The van der Waals surface area contributed by atoms with E-state index in [1.807, 2.05) is 20.8 Å².